The zero-order valence-corrected chi connectivity index (χ0v) is 6.80. The van der Waals surface area contributed by atoms with Crippen LogP contribution in [0.3, 0.4) is 0 Å². The Morgan fingerprint density at radius 2 is 2.56 bits per heavy atom. The lowest BCUT2D eigenvalue weighted by atomic mass is 10.5. The van der Waals surface area contributed by atoms with Gasteiger partial charge in [-0.25, -0.2) is 4.68 Å². The number of hydrogen-bond acceptors (Lipinski definition) is 2. The van der Waals surface area contributed by atoms with Gasteiger partial charge in [0.1, 0.15) is 0 Å². The summed E-state index contributed by atoms with van der Waals surface area (Å²) in [6.07, 6.45) is 1.76. The molecule has 1 heterocycles. The van der Waals surface area contributed by atoms with Crippen molar-refractivity contribution < 1.29 is 0 Å². The summed E-state index contributed by atoms with van der Waals surface area (Å²) in [5.41, 5.74) is 1.12. The highest BCUT2D eigenvalue weighted by atomic mass is 79.9. The van der Waals surface area contributed by atoms with Crippen LogP contribution in [0.2, 0.25) is 0 Å². The lowest BCUT2D eigenvalue weighted by molar-refractivity contribution is 0.610. The Balaban J connectivity index is 2.85. The molecule has 0 radical (unpaired) electrons. The van der Waals surface area contributed by atoms with Gasteiger partial charge in [-0.2, -0.15) is 0 Å². The molecule has 0 N–H and O–H groups in total. The fraction of sp³-hybridized carbons (Fsp3) is 0.600. The van der Waals surface area contributed by atoms with Gasteiger partial charge in [0.2, 0.25) is 0 Å². The smallest absolute Gasteiger partial charge is 0.0733 e. The van der Waals surface area contributed by atoms with E-state index in [0.29, 0.717) is 0 Å². The van der Waals surface area contributed by atoms with E-state index in [-0.39, 0.29) is 0 Å². The maximum atomic E-state index is 3.84. The molecule has 0 saturated heterocycles. The highest BCUT2D eigenvalue weighted by Gasteiger charge is 1.96. The molecular formula is C5H8BrN3. The van der Waals surface area contributed by atoms with E-state index in [1.54, 1.807) is 6.20 Å². The first kappa shape index (κ1) is 6.74. The molecule has 0 saturated carbocycles. The molecule has 1 rings (SSSR count). The summed E-state index contributed by atoms with van der Waals surface area (Å²) in [6, 6.07) is 0. The average molecular weight is 190 g/mol. The lowest BCUT2D eigenvalue weighted by Gasteiger charge is -1.95. The largest absolute Gasteiger partial charge is 0.249 e. The van der Waals surface area contributed by atoms with Gasteiger partial charge in [-0.3, -0.25) is 0 Å². The van der Waals surface area contributed by atoms with Crippen LogP contribution >= 0.6 is 15.9 Å². The van der Waals surface area contributed by atoms with Crippen LogP contribution in [-0.4, -0.2) is 15.0 Å². The number of nitrogens with zero attached hydrogens (tertiary/aromatic N) is 3. The fourth-order valence-electron chi connectivity index (χ4n) is 0.649. The van der Waals surface area contributed by atoms with E-state index in [1.807, 2.05) is 11.6 Å². The Kier molecular flexibility index (Phi) is 2.22. The molecule has 4 heteroatoms. The van der Waals surface area contributed by atoms with Crippen LogP contribution in [0, 0.1) is 0 Å². The number of aryl methyl sites for hydroxylation is 1. The third kappa shape index (κ3) is 1.30. The van der Waals surface area contributed by atoms with E-state index >= 15 is 0 Å². The van der Waals surface area contributed by atoms with E-state index in [9.17, 15) is 0 Å². The maximum absolute atomic E-state index is 3.84. The van der Waals surface area contributed by atoms with Gasteiger partial charge in [-0.1, -0.05) is 21.1 Å². The molecule has 0 aliphatic rings. The second kappa shape index (κ2) is 2.96. The van der Waals surface area contributed by atoms with E-state index in [1.165, 1.54) is 0 Å². The highest BCUT2D eigenvalue weighted by molar-refractivity contribution is 9.08. The Hall–Kier alpha value is -0.380. The summed E-state index contributed by atoms with van der Waals surface area (Å²) in [6.45, 7) is 2.93. The number of aromatic nitrogens is 3. The molecule has 0 atom stereocenters. The van der Waals surface area contributed by atoms with Crippen molar-refractivity contribution in [2.45, 2.75) is 18.8 Å². The van der Waals surface area contributed by atoms with Crippen LogP contribution < -0.4 is 0 Å². The Labute approximate surface area is 62.2 Å². The van der Waals surface area contributed by atoms with Gasteiger partial charge < -0.3 is 0 Å². The number of rotatable bonds is 2. The average Bonchev–Trinajstić information content (AvgIpc) is 2.33. The molecule has 0 aromatic carbocycles. The molecule has 1 aromatic rings. The van der Waals surface area contributed by atoms with Crippen molar-refractivity contribution in [2.75, 3.05) is 0 Å². The molecule has 0 bridgehead atoms. The summed E-state index contributed by atoms with van der Waals surface area (Å²) < 4.78 is 1.86. The summed E-state index contributed by atoms with van der Waals surface area (Å²) >= 11 is 3.33. The van der Waals surface area contributed by atoms with Crippen molar-refractivity contribution >= 4 is 15.9 Å². The Morgan fingerprint density at radius 3 is 3.00 bits per heavy atom. The molecule has 0 aliphatic heterocycles. The van der Waals surface area contributed by atoms with Crippen LogP contribution in [0.25, 0.3) is 0 Å². The SMILES string of the molecule is CCn1nncc1CBr. The molecule has 0 aliphatic carbocycles. The number of hydrogen-bond donors (Lipinski definition) is 0. The van der Waals surface area contributed by atoms with Gasteiger partial charge in [0.25, 0.3) is 0 Å². The Bertz CT molecular complexity index is 166. The minimum atomic E-state index is 0.827. The number of alkyl halides is 1. The van der Waals surface area contributed by atoms with E-state index in [2.05, 4.69) is 26.2 Å². The Morgan fingerprint density at radius 1 is 1.78 bits per heavy atom. The molecule has 1 aromatic heterocycles. The molecule has 3 nitrogen and oxygen atoms in total. The summed E-state index contributed by atoms with van der Waals surface area (Å²) in [5.74, 6) is 0. The summed E-state index contributed by atoms with van der Waals surface area (Å²) in [7, 11) is 0. The summed E-state index contributed by atoms with van der Waals surface area (Å²) in [5, 5.41) is 8.42. The minimum absolute atomic E-state index is 0.827. The van der Waals surface area contributed by atoms with E-state index < -0.39 is 0 Å². The van der Waals surface area contributed by atoms with Gasteiger partial charge in [0, 0.05) is 11.9 Å². The molecule has 50 valence electrons. The predicted molar refractivity (Wildman–Crippen MR) is 38.3 cm³/mol. The minimum Gasteiger partial charge on any atom is -0.249 e. The van der Waals surface area contributed by atoms with Crippen molar-refractivity contribution in [1.29, 1.82) is 0 Å². The van der Waals surface area contributed by atoms with Crippen molar-refractivity contribution in [3.63, 3.8) is 0 Å². The fourth-order valence-corrected chi connectivity index (χ4v) is 1.08. The topological polar surface area (TPSA) is 30.7 Å². The van der Waals surface area contributed by atoms with Crippen LogP contribution in [0.4, 0.5) is 0 Å². The highest BCUT2D eigenvalue weighted by Crippen LogP contribution is 2.00. The molecule has 0 unspecified atom stereocenters. The first-order valence-electron chi connectivity index (χ1n) is 2.81. The van der Waals surface area contributed by atoms with Crippen molar-refractivity contribution in [1.82, 2.24) is 15.0 Å². The monoisotopic (exact) mass is 189 g/mol. The maximum Gasteiger partial charge on any atom is 0.0733 e. The predicted octanol–water partition coefficient (Wildman–Crippen LogP) is 1.19. The van der Waals surface area contributed by atoms with Gasteiger partial charge in [-0.15, -0.1) is 5.10 Å². The van der Waals surface area contributed by atoms with Crippen LogP contribution in [0.1, 0.15) is 12.6 Å². The molecular weight excluding hydrogens is 182 g/mol. The lowest BCUT2D eigenvalue weighted by Crippen LogP contribution is -2.00. The van der Waals surface area contributed by atoms with Gasteiger partial charge >= 0.3 is 0 Å². The standard InChI is InChI=1S/C5H8BrN3/c1-2-9-5(3-6)4-7-8-9/h4H,2-3H2,1H3. The van der Waals surface area contributed by atoms with Gasteiger partial charge in [0.05, 0.1) is 11.9 Å². The van der Waals surface area contributed by atoms with E-state index in [0.717, 1.165) is 17.6 Å². The molecule has 0 amide bonds. The molecule has 0 spiro atoms. The second-order valence-electron chi connectivity index (χ2n) is 1.67. The first-order chi connectivity index (χ1) is 4.38. The second-order valence-corrected chi connectivity index (χ2v) is 2.24. The summed E-state index contributed by atoms with van der Waals surface area (Å²) in [4.78, 5) is 0. The first-order valence-corrected chi connectivity index (χ1v) is 3.94. The number of halogens is 1. The van der Waals surface area contributed by atoms with Gasteiger partial charge in [-0.05, 0) is 6.92 Å². The zero-order chi connectivity index (χ0) is 6.69. The normalized spacial score (nSPS) is 10.0. The van der Waals surface area contributed by atoms with Crippen LogP contribution in [0.15, 0.2) is 6.20 Å². The van der Waals surface area contributed by atoms with Crippen molar-refractivity contribution in [3.05, 3.63) is 11.9 Å². The van der Waals surface area contributed by atoms with Crippen molar-refractivity contribution in [2.24, 2.45) is 0 Å². The molecule has 0 fully saturated rings. The van der Waals surface area contributed by atoms with Crippen LogP contribution in [0.5, 0.6) is 0 Å². The zero-order valence-electron chi connectivity index (χ0n) is 5.21. The van der Waals surface area contributed by atoms with E-state index in [4.69, 9.17) is 0 Å². The third-order valence-corrected chi connectivity index (χ3v) is 1.71. The third-order valence-electron chi connectivity index (χ3n) is 1.13. The quantitative estimate of drug-likeness (QED) is 0.656. The van der Waals surface area contributed by atoms with Crippen LogP contribution in [-0.2, 0) is 11.9 Å². The van der Waals surface area contributed by atoms with Crippen molar-refractivity contribution in [3.8, 4) is 0 Å². The molecule has 9 heavy (non-hydrogen) atoms. The van der Waals surface area contributed by atoms with Gasteiger partial charge in [0.15, 0.2) is 0 Å².